The maximum Gasteiger partial charge on any atom is 0.231 e. The zero-order chi connectivity index (χ0) is 13.2. The molecule has 2 rings (SSSR count). The van der Waals surface area contributed by atoms with Crippen LogP contribution < -0.4 is 5.73 Å². The molecular weight excluding hydrogens is 232 g/mol. The number of nitrogens with two attached hydrogens (primary N) is 1. The fourth-order valence-electron chi connectivity index (χ4n) is 2.21. The van der Waals surface area contributed by atoms with Crippen molar-refractivity contribution >= 4 is 5.91 Å². The van der Waals surface area contributed by atoms with Gasteiger partial charge in [0.05, 0.1) is 18.8 Å². The molecule has 1 amide bonds. The fraction of sp³-hybridized carbons (Fsp3) is 0.583. The van der Waals surface area contributed by atoms with E-state index in [2.05, 4.69) is 9.97 Å². The summed E-state index contributed by atoms with van der Waals surface area (Å²) in [4.78, 5) is 21.5. The predicted molar refractivity (Wildman–Crippen MR) is 65.7 cm³/mol. The van der Waals surface area contributed by atoms with Crippen molar-refractivity contribution in [2.24, 2.45) is 5.73 Å². The Balaban J connectivity index is 2.17. The number of rotatable bonds is 3. The molecule has 0 aliphatic carbocycles. The van der Waals surface area contributed by atoms with E-state index in [-0.39, 0.29) is 12.5 Å². The number of hydrogen-bond acceptors (Lipinski definition) is 5. The van der Waals surface area contributed by atoms with Crippen LogP contribution in [0.5, 0.6) is 0 Å². The van der Waals surface area contributed by atoms with Crippen molar-refractivity contribution in [2.45, 2.75) is 19.4 Å². The number of carbonyl (C=O) groups is 1. The predicted octanol–water partition coefficient (Wildman–Crippen LogP) is -0.182. The lowest BCUT2D eigenvalue weighted by Crippen LogP contribution is -2.50. The van der Waals surface area contributed by atoms with Crippen molar-refractivity contribution in [1.82, 2.24) is 14.9 Å². The first kappa shape index (κ1) is 12.9. The highest BCUT2D eigenvalue weighted by Gasteiger charge is 2.35. The molecular formula is C12H18N4O2. The normalized spacial score (nSPS) is 25.0. The van der Waals surface area contributed by atoms with Gasteiger partial charge in [-0.1, -0.05) is 0 Å². The second-order valence-electron chi connectivity index (χ2n) is 4.75. The second-order valence-corrected chi connectivity index (χ2v) is 4.75. The highest BCUT2D eigenvalue weighted by atomic mass is 16.5. The van der Waals surface area contributed by atoms with Crippen molar-refractivity contribution in [2.75, 3.05) is 26.2 Å². The molecule has 1 aromatic heterocycles. The minimum atomic E-state index is -0.512. The molecule has 0 bridgehead atoms. The van der Waals surface area contributed by atoms with E-state index in [1.54, 1.807) is 6.20 Å². The van der Waals surface area contributed by atoms with Gasteiger partial charge in [0.15, 0.2) is 0 Å². The van der Waals surface area contributed by atoms with Crippen LogP contribution in [0.3, 0.4) is 0 Å². The van der Waals surface area contributed by atoms with Gasteiger partial charge >= 0.3 is 0 Å². The van der Waals surface area contributed by atoms with Gasteiger partial charge in [-0.05, 0) is 19.9 Å². The minimum Gasteiger partial charge on any atom is -0.369 e. The molecule has 0 saturated carbocycles. The van der Waals surface area contributed by atoms with Crippen molar-refractivity contribution in [3.63, 3.8) is 0 Å². The van der Waals surface area contributed by atoms with Crippen molar-refractivity contribution < 1.29 is 9.53 Å². The largest absolute Gasteiger partial charge is 0.369 e. The topological polar surface area (TPSA) is 81.3 Å². The number of aromatic nitrogens is 2. The van der Waals surface area contributed by atoms with Gasteiger partial charge in [0, 0.05) is 19.3 Å². The van der Waals surface area contributed by atoms with Gasteiger partial charge in [-0.3, -0.25) is 9.69 Å². The Morgan fingerprint density at radius 1 is 1.67 bits per heavy atom. The summed E-state index contributed by atoms with van der Waals surface area (Å²) in [5.74, 6) is 0.391. The number of nitrogens with zero attached hydrogens (tertiary/aromatic N) is 3. The first-order valence-electron chi connectivity index (χ1n) is 5.94. The quantitative estimate of drug-likeness (QED) is 0.804. The summed E-state index contributed by atoms with van der Waals surface area (Å²) in [5, 5.41) is 0. The molecule has 0 aromatic carbocycles. The van der Waals surface area contributed by atoms with E-state index >= 15 is 0 Å². The number of hydrogen-bond donors (Lipinski definition) is 1. The lowest BCUT2D eigenvalue weighted by molar-refractivity contribution is -0.128. The summed E-state index contributed by atoms with van der Waals surface area (Å²) in [6.07, 6.45) is 1.72. The van der Waals surface area contributed by atoms with Crippen molar-refractivity contribution in [3.8, 4) is 0 Å². The molecule has 1 aliphatic heterocycles. The van der Waals surface area contributed by atoms with Crippen molar-refractivity contribution in [3.05, 3.63) is 23.8 Å². The van der Waals surface area contributed by atoms with Crippen LogP contribution in [0, 0.1) is 6.92 Å². The standard InChI is InChI=1S/C12H18N4O2/c1-9-14-4-3-10(15-9)12(2)8-16(5-6-18-12)7-11(13)17/h3-4H,5-8H2,1-2H3,(H2,13,17). The van der Waals surface area contributed by atoms with Crippen LogP contribution in [0.4, 0.5) is 0 Å². The smallest absolute Gasteiger partial charge is 0.231 e. The molecule has 1 saturated heterocycles. The van der Waals surface area contributed by atoms with Crippen LogP contribution in [0.2, 0.25) is 0 Å². The molecule has 2 heterocycles. The lowest BCUT2D eigenvalue weighted by atomic mass is 9.99. The number of aryl methyl sites for hydroxylation is 1. The maximum absolute atomic E-state index is 11.0. The first-order chi connectivity index (χ1) is 8.49. The number of ether oxygens (including phenoxy) is 1. The van der Waals surface area contributed by atoms with Crippen molar-refractivity contribution in [1.29, 1.82) is 0 Å². The summed E-state index contributed by atoms with van der Waals surface area (Å²) in [7, 11) is 0. The molecule has 6 heteroatoms. The van der Waals surface area contributed by atoms with Crippen LogP contribution in [0.15, 0.2) is 12.3 Å². The highest BCUT2D eigenvalue weighted by Crippen LogP contribution is 2.27. The van der Waals surface area contributed by atoms with E-state index < -0.39 is 5.60 Å². The molecule has 1 atom stereocenters. The zero-order valence-corrected chi connectivity index (χ0v) is 10.7. The number of morpholine rings is 1. The average molecular weight is 250 g/mol. The molecule has 1 unspecified atom stereocenters. The molecule has 6 nitrogen and oxygen atoms in total. The average Bonchev–Trinajstić information content (AvgIpc) is 2.28. The van der Waals surface area contributed by atoms with Gasteiger partial charge in [-0.2, -0.15) is 0 Å². The monoisotopic (exact) mass is 250 g/mol. The SMILES string of the molecule is Cc1nccc(C2(C)CN(CC(N)=O)CCO2)n1. The van der Waals surface area contributed by atoms with Crippen LogP contribution in [0.25, 0.3) is 0 Å². The Morgan fingerprint density at radius 2 is 2.44 bits per heavy atom. The molecule has 2 N–H and O–H groups in total. The van der Waals surface area contributed by atoms with Crippen LogP contribution in [0.1, 0.15) is 18.4 Å². The fourth-order valence-corrected chi connectivity index (χ4v) is 2.21. The van der Waals surface area contributed by atoms with Gasteiger partial charge in [-0.15, -0.1) is 0 Å². The molecule has 0 radical (unpaired) electrons. The highest BCUT2D eigenvalue weighted by molar-refractivity contribution is 5.75. The van der Waals surface area contributed by atoms with Crippen LogP contribution >= 0.6 is 0 Å². The van der Waals surface area contributed by atoms with Gasteiger partial charge < -0.3 is 10.5 Å². The maximum atomic E-state index is 11.0. The van der Waals surface area contributed by atoms with Gasteiger partial charge in [-0.25, -0.2) is 9.97 Å². The molecule has 1 fully saturated rings. The van der Waals surface area contributed by atoms with E-state index in [0.29, 0.717) is 25.5 Å². The number of primary amides is 1. The Kier molecular flexibility index (Phi) is 3.58. The molecule has 1 aliphatic rings. The molecule has 0 spiro atoms. The van der Waals surface area contributed by atoms with E-state index in [1.807, 2.05) is 24.8 Å². The molecule has 1 aromatic rings. The summed E-state index contributed by atoms with van der Waals surface area (Å²) in [6, 6.07) is 1.85. The van der Waals surface area contributed by atoms with Gasteiger partial charge in [0.25, 0.3) is 0 Å². The zero-order valence-electron chi connectivity index (χ0n) is 10.7. The van der Waals surface area contributed by atoms with Crippen LogP contribution in [-0.2, 0) is 15.1 Å². The Labute approximate surface area is 106 Å². The third-order valence-electron chi connectivity index (χ3n) is 3.05. The van der Waals surface area contributed by atoms with E-state index in [4.69, 9.17) is 10.5 Å². The minimum absolute atomic E-state index is 0.253. The lowest BCUT2D eigenvalue weighted by Gasteiger charge is -2.39. The van der Waals surface area contributed by atoms with E-state index in [1.165, 1.54) is 0 Å². The molecule has 18 heavy (non-hydrogen) atoms. The summed E-state index contributed by atoms with van der Waals surface area (Å²) in [5.41, 5.74) is 5.55. The van der Waals surface area contributed by atoms with Crippen LogP contribution in [-0.4, -0.2) is 47.0 Å². The summed E-state index contributed by atoms with van der Waals surface area (Å²) >= 11 is 0. The van der Waals surface area contributed by atoms with E-state index in [9.17, 15) is 4.79 Å². The Morgan fingerprint density at radius 3 is 3.11 bits per heavy atom. The second kappa shape index (κ2) is 4.99. The third-order valence-corrected chi connectivity index (χ3v) is 3.05. The van der Waals surface area contributed by atoms with Gasteiger partial charge in [0.2, 0.25) is 5.91 Å². The third kappa shape index (κ3) is 2.83. The first-order valence-corrected chi connectivity index (χ1v) is 5.94. The Hall–Kier alpha value is -1.53. The van der Waals surface area contributed by atoms with E-state index in [0.717, 1.165) is 5.69 Å². The molecule has 98 valence electrons. The number of amides is 1. The Bertz CT molecular complexity index is 451. The van der Waals surface area contributed by atoms with Gasteiger partial charge in [0.1, 0.15) is 11.4 Å². The number of carbonyl (C=O) groups excluding carboxylic acids is 1. The summed E-state index contributed by atoms with van der Waals surface area (Å²) in [6.45, 7) is 5.95. The summed E-state index contributed by atoms with van der Waals surface area (Å²) < 4.78 is 5.83.